The molecule has 0 spiro atoms. The molecule has 0 radical (unpaired) electrons. The zero-order chi connectivity index (χ0) is 8.10. The maximum atomic E-state index is 4.89. The molecule has 0 aliphatic rings. The first kappa shape index (κ1) is 8.64. The molecule has 0 unspecified atom stereocenters. The summed E-state index contributed by atoms with van der Waals surface area (Å²) in [6.45, 7) is 0.518. The molecule has 2 N–H and O–H groups in total. The van der Waals surface area contributed by atoms with Gasteiger partial charge in [-0.2, -0.15) is 0 Å². The van der Waals surface area contributed by atoms with E-state index in [0.717, 1.165) is 16.6 Å². The molecular formula is C7H9BrN2O. The summed E-state index contributed by atoms with van der Waals surface area (Å²) >= 11 is 3.32. The summed E-state index contributed by atoms with van der Waals surface area (Å²) in [4.78, 5) is 8.50. The molecule has 3 nitrogen and oxygen atoms in total. The van der Waals surface area contributed by atoms with Crippen molar-refractivity contribution < 1.29 is 4.84 Å². The molecule has 0 aromatic carbocycles. The molecule has 60 valence electrons. The minimum absolute atomic E-state index is 0.518. The highest BCUT2D eigenvalue weighted by Gasteiger charge is 1.97. The SMILES string of the molecule is NOCCc1cccnc1Br. The van der Waals surface area contributed by atoms with E-state index in [2.05, 4.69) is 25.8 Å². The van der Waals surface area contributed by atoms with Crippen molar-refractivity contribution in [1.82, 2.24) is 4.98 Å². The predicted molar refractivity (Wildman–Crippen MR) is 45.8 cm³/mol. The Bertz CT molecular complexity index is 229. The Morgan fingerprint density at radius 2 is 2.45 bits per heavy atom. The Hall–Kier alpha value is -0.450. The van der Waals surface area contributed by atoms with Gasteiger partial charge in [0.2, 0.25) is 0 Å². The second kappa shape index (κ2) is 4.43. The third kappa shape index (κ3) is 2.57. The van der Waals surface area contributed by atoms with Crippen molar-refractivity contribution in [2.45, 2.75) is 6.42 Å². The highest BCUT2D eigenvalue weighted by Crippen LogP contribution is 2.12. The summed E-state index contributed by atoms with van der Waals surface area (Å²) in [5, 5.41) is 0. The fraction of sp³-hybridized carbons (Fsp3) is 0.286. The van der Waals surface area contributed by atoms with Gasteiger partial charge in [0, 0.05) is 12.6 Å². The number of halogens is 1. The van der Waals surface area contributed by atoms with Gasteiger partial charge in [0.15, 0.2) is 0 Å². The van der Waals surface area contributed by atoms with Crippen molar-refractivity contribution in [2.75, 3.05) is 6.61 Å². The highest BCUT2D eigenvalue weighted by molar-refractivity contribution is 9.10. The van der Waals surface area contributed by atoms with E-state index in [4.69, 9.17) is 5.90 Å². The van der Waals surface area contributed by atoms with E-state index >= 15 is 0 Å². The van der Waals surface area contributed by atoms with E-state index in [0.29, 0.717) is 6.61 Å². The lowest BCUT2D eigenvalue weighted by atomic mass is 10.2. The van der Waals surface area contributed by atoms with Gasteiger partial charge in [0.25, 0.3) is 0 Å². The summed E-state index contributed by atoms with van der Waals surface area (Å²) < 4.78 is 0.858. The molecular weight excluding hydrogens is 208 g/mol. The first-order valence-corrected chi connectivity index (χ1v) is 4.05. The number of pyridine rings is 1. The van der Waals surface area contributed by atoms with Gasteiger partial charge in [-0.15, -0.1) is 0 Å². The van der Waals surface area contributed by atoms with Crippen LogP contribution in [-0.4, -0.2) is 11.6 Å². The smallest absolute Gasteiger partial charge is 0.109 e. The van der Waals surface area contributed by atoms with Crippen LogP contribution in [0.5, 0.6) is 0 Å². The van der Waals surface area contributed by atoms with Crippen LogP contribution in [0.1, 0.15) is 5.56 Å². The molecule has 0 fully saturated rings. The second-order valence-electron chi connectivity index (χ2n) is 2.07. The van der Waals surface area contributed by atoms with Crippen LogP contribution in [0.15, 0.2) is 22.9 Å². The molecule has 11 heavy (non-hydrogen) atoms. The van der Waals surface area contributed by atoms with Crippen molar-refractivity contribution in [2.24, 2.45) is 5.90 Å². The maximum absolute atomic E-state index is 4.89. The fourth-order valence-corrected chi connectivity index (χ4v) is 1.22. The van der Waals surface area contributed by atoms with Gasteiger partial charge in [-0.3, -0.25) is 0 Å². The highest BCUT2D eigenvalue weighted by atomic mass is 79.9. The molecule has 0 saturated carbocycles. The van der Waals surface area contributed by atoms with Crippen LogP contribution in [0.4, 0.5) is 0 Å². The molecule has 0 aliphatic heterocycles. The van der Waals surface area contributed by atoms with Crippen molar-refractivity contribution in [1.29, 1.82) is 0 Å². The van der Waals surface area contributed by atoms with Crippen molar-refractivity contribution in [3.05, 3.63) is 28.5 Å². The first-order valence-electron chi connectivity index (χ1n) is 3.25. The van der Waals surface area contributed by atoms with Crippen molar-refractivity contribution in [3.8, 4) is 0 Å². The number of nitrogens with zero attached hydrogens (tertiary/aromatic N) is 1. The summed E-state index contributed by atoms with van der Waals surface area (Å²) in [7, 11) is 0. The molecule has 1 heterocycles. The van der Waals surface area contributed by atoms with E-state index in [1.807, 2.05) is 12.1 Å². The molecule has 4 heteroatoms. The van der Waals surface area contributed by atoms with Gasteiger partial charge < -0.3 is 4.84 Å². The largest absolute Gasteiger partial charge is 0.304 e. The van der Waals surface area contributed by atoms with Gasteiger partial charge in [0.05, 0.1) is 6.61 Å². The van der Waals surface area contributed by atoms with Crippen molar-refractivity contribution in [3.63, 3.8) is 0 Å². The van der Waals surface area contributed by atoms with E-state index < -0.39 is 0 Å². The topological polar surface area (TPSA) is 48.1 Å². The average Bonchev–Trinajstić information content (AvgIpc) is 2.03. The van der Waals surface area contributed by atoms with Gasteiger partial charge in [0.1, 0.15) is 4.60 Å². The number of aromatic nitrogens is 1. The lowest BCUT2D eigenvalue weighted by molar-refractivity contribution is 0.141. The van der Waals surface area contributed by atoms with E-state index in [1.165, 1.54) is 0 Å². The average molecular weight is 217 g/mol. The minimum Gasteiger partial charge on any atom is -0.304 e. The molecule has 1 rings (SSSR count). The summed E-state index contributed by atoms with van der Waals surface area (Å²) in [6.07, 6.45) is 2.52. The number of nitrogens with two attached hydrogens (primary N) is 1. The lowest BCUT2D eigenvalue weighted by Crippen LogP contribution is -2.04. The third-order valence-corrected chi connectivity index (χ3v) is 2.04. The van der Waals surface area contributed by atoms with Crippen LogP contribution < -0.4 is 5.90 Å². The Morgan fingerprint density at radius 3 is 3.09 bits per heavy atom. The molecule has 0 saturated heterocycles. The molecule has 1 aromatic rings. The molecule has 0 bridgehead atoms. The van der Waals surface area contributed by atoms with Crippen molar-refractivity contribution >= 4 is 15.9 Å². The second-order valence-corrected chi connectivity index (χ2v) is 2.83. The summed E-state index contributed by atoms with van der Waals surface area (Å²) in [5.74, 6) is 4.89. The lowest BCUT2D eigenvalue weighted by Gasteiger charge is -2.00. The standard InChI is InChI=1S/C7H9BrN2O/c8-7-6(3-5-11-9)2-1-4-10-7/h1-2,4H,3,5,9H2. The fourth-order valence-electron chi connectivity index (χ4n) is 0.775. The quantitative estimate of drug-likeness (QED) is 0.612. The number of hydrogen-bond acceptors (Lipinski definition) is 3. The van der Waals surface area contributed by atoms with Gasteiger partial charge >= 0.3 is 0 Å². The molecule has 0 atom stereocenters. The summed E-state index contributed by atoms with van der Waals surface area (Å²) in [6, 6.07) is 3.87. The van der Waals surface area contributed by atoms with Gasteiger partial charge in [-0.25, -0.2) is 10.9 Å². The van der Waals surface area contributed by atoms with E-state index in [1.54, 1.807) is 6.20 Å². The van der Waals surface area contributed by atoms with Crippen LogP contribution in [0.25, 0.3) is 0 Å². The van der Waals surface area contributed by atoms with Gasteiger partial charge in [-0.1, -0.05) is 6.07 Å². The van der Waals surface area contributed by atoms with Gasteiger partial charge in [-0.05, 0) is 27.6 Å². The zero-order valence-electron chi connectivity index (χ0n) is 5.96. The Labute approximate surface area is 73.7 Å². The van der Waals surface area contributed by atoms with Crippen LogP contribution in [0.3, 0.4) is 0 Å². The van der Waals surface area contributed by atoms with Crippen LogP contribution in [0.2, 0.25) is 0 Å². The molecule has 0 aliphatic carbocycles. The number of rotatable bonds is 3. The van der Waals surface area contributed by atoms with Crippen LogP contribution in [0, 0.1) is 0 Å². The molecule has 0 amide bonds. The van der Waals surface area contributed by atoms with E-state index in [-0.39, 0.29) is 0 Å². The predicted octanol–water partition coefficient (Wildman–Crippen LogP) is 1.28. The Morgan fingerprint density at radius 1 is 1.64 bits per heavy atom. The number of hydrogen-bond donors (Lipinski definition) is 1. The van der Waals surface area contributed by atoms with Crippen LogP contribution in [-0.2, 0) is 11.3 Å². The zero-order valence-corrected chi connectivity index (χ0v) is 7.54. The monoisotopic (exact) mass is 216 g/mol. The molecule has 1 aromatic heterocycles. The first-order chi connectivity index (χ1) is 5.34. The third-order valence-electron chi connectivity index (χ3n) is 1.33. The normalized spacial score (nSPS) is 10.0. The van der Waals surface area contributed by atoms with E-state index in [9.17, 15) is 0 Å². The Balaban J connectivity index is 2.62. The van der Waals surface area contributed by atoms with Crippen LogP contribution >= 0.6 is 15.9 Å². The minimum atomic E-state index is 0.518. The maximum Gasteiger partial charge on any atom is 0.109 e. The summed E-state index contributed by atoms with van der Waals surface area (Å²) in [5.41, 5.74) is 1.11. The Kier molecular flexibility index (Phi) is 3.48.